The molecule has 1 aliphatic carbocycles. The van der Waals surface area contributed by atoms with E-state index >= 15 is 0 Å². The molecule has 0 atom stereocenters. The highest BCUT2D eigenvalue weighted by molar-refractivity contribution is 7.99. The smallest absolute Gasteiger partial charge is 0.186 e. The molecule has 0 unspecified atom stereocenters. The van der Waals surface area contributed by atoms with Crippen molar-refractivity contribution in [2.24, 2.45) is 0 Å². The van der Waals surface area contributed by atoms with Crippen molar-refractivity contribution < 1.29 is 14.0 Å². The number of carbonyl (C=O) groups is 2. The van der Waals surface area contributed by atoms with Gasteiger partial charge in [-0.1, -0.05) is 30.0 Å². The fourth-order valence-electron chi connectivity index (χ4n) is 1.99. The van der Waals surface area contributed by atoms with Gasteiger partial charge in [0.2, 0.25) is 0 Å². The van der Waals surface area contributed by atoms with Crippen molar-refractivity contribution in [1.82, 2.24) is 0 Å². The molecular weight excluding hydrogens is 275 g/mol. The minimum Gasteiger partial charge on any atom is -0.289 e. The first-order chi connectivity index (χ1) is 9.65. The van der Waals surface area contributed by atoms with Gasteiger partial charge in [-0.2, -0.15) is 0 Å². The highest BCUT2D eigenvalue weighted by Crippen LogP contribution is 2.32. The van der Waals surface area contributed by atoms with Gasteiger partial charge in [0.25, 0.3) is 0 Å². The van der Waals surface area contributed by atoms with Crippen molar-refractivity contribution in [3.8, 4) is 0 Å². The lowest BCUT2D eigenvalue weighted by Gasteiger charge is -2.11. The topological polar surface area (TPSA) is 34.1 Å². The molecule has 98 valence electrons. The van der Waals surface area contributed by atoms with E-state index in [0.717, 1.165) is 11.0 Å². The van der Waals surface area contributed by atoms with E-state index in [9.17, 15) is 14.0 Å². The maximum Gasteiger partial charge on any atom is 0.186 e. The molecule has 1 aliphatic rings. The van der Waals surface area contributed by atoms with Gasteiger partial charge in [0.1, 0.15) is 5.82 Å². The summed E-state index contributed by atoms with van der Waals surface area (Å²) in [6, 6.07) is 11.9. The number of hydrogen-bond acceptors (Lipinski definition) is 3. The second kappa shape index (κ2) is 5.06. The SMILES string of the molecule is O=C1C=CC(=O)c2cc(Sc3ccccc3)c(F)cc21. The van der Waals surface area contributed by atoms with Gasteiger partial charge in [0.15, 0.2) is 11.6 Å². The number of carbonyl (C=O) groups excluding carboxylic acids is 2. The molecule has 4 heteroatoms. The molecule has 0 radical (unpaired) electrons. The number of ketones is 2. The normalized spacial score (nSPS) is 13.4. The summed E-state index contributed by atoms with van der Waals surface area (Å²) >= 11 is 1.23. The lowest BCUT2D eigenvalue weighted by atomic mass is 9.95. The summed E-state index contributed by atoms with van der Waals surface area (Å²) in [6.07, 6.45) is 2.40. The third-order valence-electron chi connectivity index (χ3n) is 2.96. The Morgan fingerprint density at radius 2 is 1.45 bits per heavy atom. The molecule has 0 bridgehead atoms. The molecule has 3 rings (SSSR count). The summed E-state index contributed by atoms with van der Waals surface area (Å²) in [5.41, 5.74) is 0.393. The maximum atomic E-state index is 14.1. The van der Waals surface area contributed by atoms with Crippen molar-refractivity contribution >= 4 is 23.3 Å². The van der Waals surface area contributed by atoms with Gasteiger partial charge in [-0.05, 0) is 36.4 Å². The number of allylic oxidation sites excluding steroid dienone is 2. The van der Waals surface area contributed by atoms with Gasteiger partial charge in [-0.25, -0.2) is 4.39 Å². The van der Waals surface area contributed by atoms with Gasteiger partial charge in [0, 0.05) is 20.9 Å². The molecule has 2 aromatic rings. The van der Waals surface area contributed by atoms with Crippen LogP contribution < -0.4 is 0 Å². The average molecular weight is 284 g/mol. The van der Waals surface area contributed by atoms with E-state index in [2.05, 4.69) is 0 Å². The summed E-state index contributed by atoms with van der Waals surface area (Å²) in [6.45, 7) is 0. The predicted molar refractivity (Wildman–Crippen MR) is 74.8 cm³/mol. The molecule has 2 aromatic carbocycles. The van der Waals surface area contributed by atoms with E-state index in [1.807, 2.05) is 30.3 Å². The van der Waals surface area contributed by atoms with Crippen molar-refractivity contribution in [2.45, 2.75) is 9.79 Å². The fourth-order valence-corrected chi connectivity index (χ4v) is 2.87. The van der Waals surface area contributed by atoms with Gasteiger partial charge in [-0.3, -0.25) is 9.59 Å². The maximum absolute atomic E-state index is 14.1. The largest absolute Gasteiger partial charge is 0.289 e. The molecular formula is C16H9FO2S. The molecule has 0 heterocycles. The number of halogens is 1. The summed E-state index contributed by atoms with van der Waals surface area (Å²) < 4.78 is 14.1. The first-order valence-electron chi connectivity index (χ1n) is 5.98. The lowest BCUT2D eigenvalue weighted by molar-refractivity contribution is 0.0993. The molecule has 0 aromatic heterocycles. The highest BCUT2D eigenvalue weighted by atomic mass is 32.2. The van der Waals surface area contributed by atoms with Crippen LogP contribution in [0.2, 0.25) is 0 Å². The molecule has 0 aliphatic heterocycles. The molecule has 2 nitrogen and oxygen atoms in total. The van der Waals surface area contributed by atoms with Gasteiger partial charge < -0.3 is 0 Å². The Kier molecular flexibility index (Phi) is 3.24. The third-order valence-corrected chi connectivity index (χ3v) is 4.00. The summed E-state index contributed by atoms with van der Waals surface area (Å²) in [5, 5.41) is 0. The minimum absolute atomic E-state index is 0.132. The molecule has 0 fully saturated rings. The quantitative estimate of drug-likeness (QED) is 0.838. The van der Waals surface area contributed by atoms with Crippen molar-refractivity contribution in [3.05, 3.63) is 71.6 Å². The standard InChI is InChI=1S/C16H9FO2S/c17-13-8-11-12(15(19)7-6-14(11)18)9-16(13)20-10-4-2-1-3-5-10/h1-9H. The van der Waals surface area contributed by atoms with E-state index in [1.54, 1.807) is 0 Å². The van der Waals surface area contributed by atoms with Crippen molar-refractivity contribution in [2.75, 3.05) is 0 Å². The predicted octanol–water partition coefficient (Wildman–Crippen LogP) is 3.91. The van der Waals surface area contributed by atoms with Crippen molar-refractivity contribution in [1.29, 1.82) is 0 Å². The monoisotopic (exact) mass is 284 g/mol. The summed E-state index contributed by atoms with van der Waals surface area (Å²) in [4.78, 5) is 24.6. The second-order valence-corrected chi connectivity index (χ2v) is 5.42. The van der Waals surface area contributed by atoms with Crippen LogP contribution in [0.4, 0.5) is 4.39 Å². The molecule has 0 N–H and O–H groups in total. The van der Waals surface area contributed by atoms with Crippen LogP contribution in [0.3, 0.4) is 0 Å². The van der Waals surface area contributed by atoms with E-state index in [1.165, 1.54) is 30.0 Å². The highest BCUT2D eigenvalue weighted by Gasteiger charge is 2.22. The number of benzene rings is 2. The van der Waals surface area contributed by atoms with E-state index in [4.69, 9.17) is 0 Å². The van der Waals surface area contributed by atoms with Gasteiger partial charge in [0.05, 0.1) is 0 Å². The Hall–Kier alpha value is -2.20. The second-order valence-electron chi connectivity index (χ2n) is 4.31. The Bertz CT molecular complexity index is 736. The Morgan fingerprint density at radius 3 is 2.10 bits per heavy atom. The molecule has 0 saturated heterocycles. The Morgan fingerprint density at radius 1 is 0.850 bits per heavy atom. The first kappa shape index (κ1) is 12.8. The molecule has 0 amide bonds. The first-order valence-corrected chi connectivity index (χ1v) is 6.80. The number of fused-ring (bicyclic) bond motifs is 1. The van der Waals surface area contributed by atoms with E-state index < -0.39 is 5.82 Å². The Balaban J connectivity index is 2.04. The minimum atomic E-state index is -0.492. The van der Waals surface area contributed by atoms with Crippen LogP contribution in [-0.2, 0) is 0 Å². The van der Waals surface area contributed by atoms with Crippen LogP contribution in [0.15, 0.2) is 64.4 Å². The van der Waals surface area contributed by atoms with Crippen LogP contribution in [-0.4, -0.2) is 11.6 Å². The number of rotatable bonds is 2. The number of hydrogen-bond donors (Lipinski definition) is 0. The van der Waals surface area contributed by atoms with Crippen LogP contribution in [0.1, 0.15) is 20.7 Å². The third kappa shape index (κ3) is 2.30. The van der Waals surface area contributed by atoms with Crippen LogP contribution in [0.25, 0.3) is 0 Å². The van der Waals surface area contributed by atoms with Crippen LogP contribution in [0, 0.1) is 5.82 Å². The zero-order valence-corrected chi connectivity index (χ0v) is 11.1. The molecule has 20 heavy (non-hydrogen) atoms. The van der Waals surface area contributed by atoms with Crippen LogP contribution >= 0.6 is 11.8 Å². The summed E-state index contributed by atoms with van der Waals surface area (Å²) in [7, 11) is 0. The lowest BCUT2D eigenvalue weighted by Crippen LogP contribution is -2.12. The van der Waals surface area contributed by atoms with Crippen molar-refractivity contribution in [3.63, 3.8) is 0 Å². The zero-order valence-electron chi connectivity index (χ0n) is 10.3. The van der Waals surface area contributed by atoms with Crippen LogP contribution in [0.5, 0.6) is 0 Å². The summed E-state index contributed by atoms with van der Waals surface area (Å²) in [5.74, 6) is -1.10. The fraction of sp³-hybridized carbons (Fsp3) is 0. The molecule has 0 saturated carbocycles. The Labute approximate surface area is 119 Å². The van der Waals surface area contributed by atoms with Gasteiger partial charge in [-0.15, -0.1) is 0 Å². The molecule has 0 spiro atoms. The average Bonchev–Trinajstić information content (AvgIpc) is 2.46. The zero-order chi connectivity index (χ0) is 14.1. The van der Waals surface area contributed by atoms with E-state index in [0.29, 0.717) is 4.90 Å². The van der Waals surface area contributed by atoms with E-state index in [-0.39, 0.29) is 22.7 Å². The van der Waals surface area contributed by atoms with Gasteiger partial charge >= 0.3 is 0 Å².